The van der Waals surface area contributed by atoms with Crippen LogP contribution in [-0.4, -0.2) is 71.3 Å². The Bertz CT molecular complexity index is 995. The third-order valence-electron chi connectivity index (χ3n) is 7.31. The van der Waals surface area contributed by atoms with Crippen molar-refractivity contribution in [2.24, 2.45) is 11.8 Å². The number of amides is 2. The van der Waals surface area contributed by atoms with Gasteiger partial charge in [-0.15, -0.1) is 6.58 Å². The van der Waals surface area contributed by atoms with Crippen LogP contribution in [0.15, 0.2) is 30.9 Å². The lowest BCUT2D eigenvalue weighted by Crippen LogP contribution is -2.58. The van der Waals surface area contributed by atoms with Crippen molar-refractivity contribution >= 4 is 35.1 Å². The average Bonchev–Trinajstić information content (AvgIpc) is 3.45. The molecule has 3 aliphatic heterocycles. The van der Waals surface area contributed by atoms with Crippen molar-refractivity contribution < 1.29 is 29.0 Å². The van der Waals surface area contributed by atoms with E-state index in [1.807, 2.05) is 13.0 Å². The number of para-hydroxylation sites is 1. The van der Waals surface area contributed by atoms with E-state index in [4.69, 9.17) is 21.1 Å². The highest BCUT2D eigenvalue weighted by Gasteiger charge is 2.75. The molecule has 4 rings (SSSR count). The first-order valence-electron chi connectivity index (χ1n) is 11.7. The zero-order chi connectivity index (χ0) is 24.8. The van der Waals surface area contributed by atoms with Crippen molar-refractivity contribution in [3.63, 3.8) is 0 Å². The molecule has 1 aromatic rings. The number of hydrogen-bond donors (Lipinski definition) is 1. The number of esters is 1. The number of nitrogens with zero attached hydrogens (tertiary/aromatic N) is 2. The number of hydrogen-bond acceptors (Lipinski definition) is 6. The van der Waals surface area contributed by atoms with Gasteiger partial charge >= 0.3 is 5.97 Å². The van der Waals surface area contributed by atoms with Gasteiger partial charge in [0, 0.05) is 6.54 Å². The monoisotopic (exact) mass is 490 g/mol. The second-order valence-corrected chi connectivity index (χ2v) is 9.64. The molecule has 6 atom stereocenters. The third-order valence-corrected chi connectivity index (χ3v) is 7.61. The third kappa shape index (κ3) is 3.54. The van der Waals surface area contributed by atoms with Gasteiger partial charge in [0.25, 0.3) is 5.91 Å². The summed E-state index contributed by atoms with van der Waals surface area (Å²) >= 11 is 6.51. The number of fused-ring (bicyclic) bond motifs is 1. The van der Waals surface area contributed by atoms with E-state index in [1.165, 1.54) is 9.80 Å². The van der Waals surface area contributed by atoms with E-state index in [1.54, 1.807) is 32.1 Å². The van der Waals surface area contributed by atoms with Gasteiger partial charge in [-0.2, -0.15) is 0 Å². The van der Waals surface area contributed by atoms with Gasteiger partial charge in [-0.3, -0.25) is 14.4 Å². The van der Waals surface area contributed by atoms with E-state index in [0.29, 0.717) is 23.6 Å². The summed E-state index contributed by atoms with van der Waals surface area (Å²) in [7, 11) is 0. The van der Waals surface area contributed by atoms with Gasteiger partial charge < -0.3 is 24.4 Å². The molecule has 0 radical (unpaired) electrons. The van der Waals surface area contributed by atoms with E-state index in [2.05, 4.69) is 6.58 Å². The summed E-state index contributed by atoms with van der Waals surface area (Å²) in [6.45, 7) is 9.07. The van der Waals surface area contributed by atoms with E-state index in [-0.39, 0.29) is 31.6 Å². The van der Waals surface area contributed by atoms with Gasteiger partial charge in [-0.25, -0.2) is 0 Å². The minimum atomic E-state index is -1.17. The Morgan fingerprint density at radius 3 is 2.82 bits per heavy atom. The Morgan fingerprint density at radius 2 is 2.21 bits per heavy atom. The standard InChI is InChI=1S/C25H31ClN2O6/c1-5-12-27(20-14(3)8-7-9-16(20)26)23(31)21-25-11-10-17(34-25)18(24(32)33-6-2)19(25)22(30)28(21)15(4)13-29/h5,7-9,15,17-19,21,29H,1,6,10-13H2,2-4H3/t15-,17+,18-,19-,21+,25-/m1/s1. The molecule has 0 aliphatic carbocycles. The normalized spacial score (nSPS) is 30.3. The Balaban J connectivity index is 1.83. The number of anilines is 1. The van der Waals surface area contributed by atoms with Crippen LogP contribution in [0.4, 0.5) is 5.69 Å². The maximum atomic E-state index is 14.3. The number of aliphatic hydroxyl groups excluding tert-OH is 1. The molecule has 3 saturated heterocycles. The molecular weight excluding hydrogens is 460 g/mol. The van der Waals surface area contributed by atoms with Crippen LogP contribution in [0.2, 0.25) is 5.02 Å². The minimum Gasteiger partial charge on any atom is -0.466 e. The quantitative estimate of drug-likeness (QED) is 0.444. The molecule has 1 spiro atoms. The number of benzene rings is 1. The first kappa shape index (κ1) is 24.7. The van der Waals surface area contributed by atoms with Gasteiger partial charge in [-0.05, 0) is 45.2 Å². The van der Waals surface area contributed by atoms with E-state index in [0.717, 1.165) is 5.56 Å². The molecule has 2 bridgehead atoms. The van der Waals surface area contributed by atoms with Crippen molar-refractivity contribution in [1.29, 1.82) is 0 Å². The van der Waals surface area contributed by atoms with Crippen molar-refractivity contribution in [3.05, 3.63) is 41.4 Å². The number of halogens is 1. The van der Waals surface area contributed by atoms with E-state index < -0.39 is 41.6 Å². The molecular formula is C25H31ClN2O6. The number of aryl methyl sites for hydroxylation is 1. The molecule has 34 heavy (non-hydrogen) atoms. The van der Waals surface area contributed by atoms with Crippen molar-refractivity contribution in [2.75, 3.05) is 24.7 Å². The Kier molecular flexibility index (Phi) is 6.77. The predicted molar refractivity (Wildman–Crippen MR) is 126 cm³/mol. The highest BCUT2D eigenvalue weighted by atomic mass is 35.5. The minimum absolute atomic E-state index is 0.168. The first-order valence-corrected chi connectivity index (χ1v) is 12.1. The van der Waals surface area contributed by atoms with Crippen LogP contribution >= 0.6 is 11.6 Å². The van der Waals surface area contributed by atoms with Crippen molar-refractivity contribution in [2.45, 2.75) is 57.4 Å². The lowest BCUT2D eigenvalue weighted by Gasteiger charge is -2.39. The largest absolute Gasteiger partial charge is 0.466 e. The number of carbonyl (C=O) groups excluding carboxylic acids is 3. The summed E-state index contributed by atoms with van der Waals surface area (Å²) in [6, 6.07) is 3.69. The lowest BCUT2D eigenvalue weighted by molar-refractivity contribution is -0.155. The summed E-state index contributed by atoms with van der Waals surface area (Å²) in [6.07, 6.45) is 2.12. The molecule has 9 heteroatoms. The molecule has 0 saturated carbocycles. The predicted octanol–water partition coefficient (Wildman–Crippen LogP) is 2.49. The number of ether oxygens (including phenoxy) is 2. The fourth-order valence-corrected chi connectivity index (χ4v) is 6.30. The first-order chi connectivity index (χ1) is 16.2. The Morgan fingerprint density at radius 1 is 1.47 bits per heavy atom. The number of rotatable bonds is 8. The molecule has 8 nitrogen and oxygen atoms in total. The van der Waals surface area contributed by atoms with Crippen LogP contribution in [0.25, 0.3) is 0 Å². The van der Waals surface area contributed by atoms with Gasteiger partial charge in [0.1, 0.15) is 11.6 Å². The maximum absolute atomic E-state index is 14.3. The zero-order valence-corrected chi connectivity index (χ0v) is 20.5. The second kappa shape index (κ2) is 9.32. The fraction of sp³-hybridized carbons (Fsp3) is 0.560. The van der Waals surface area contributed by atoms with E-state index in [9.17, 15) is 19.5 Å². The molecule has 3 fully saturated rings. The summed E-state index contributed by atoms with van der Waals surface area (Å²) in [5, 5.41) is 10.4. The summed E-state index contributed by atoms with van der Waals surface area (Å²) in [4.78, 5) is 43.8. The molecule has 1 aromatic carbocycles. The number of carbonyl (C=O) groups is 3. The van der Waals surface area contributed by atoms with Crippen LogP contribution < -0.4 is 4.90 Å². The molecule has 3 heterocycles. The van der Waals surface area contributed by atoms with Gasteiger partial charge in [0.05, 0.1) is 47.9 Å². The summed E-state index contributed by atoms with van der Waals surface area (Å²) < 4.78 is 11.6. The smallest absolute Gasteiger partial charge is 0.312 e. The fourth-order valence-electron chi connectivity index (χ4n) is 5.97. The van der Waals surface area contributed by atoms with Crippen LogP contribution in [0.3, 0.4) is 0 Å². The summed E-state index contributed by atoms with van der Waals surface area (Å²) in [5.74, 6) is -2.84. The maximum Gasteiger partial charge on any atom is 0.312 e. The number of likely N-dealkylation sites (tertiary alicyclic amines) is 1. The van der Waals surface area contributed by atoms with Crippen LogP contribution in [0.5, 0.6) is 0 Å². The zero-order valence-electron chi connectivity index (χ0n) is 19.7. The molecule has 1 N–H and O–H groups in total. The lowest BCUT2D eigenvalue weighted by atomic mass is 9.70. The highest BCUT2D eigenvalue weighted by Crippen LogP contribution is 2.59. The summed E-state index contributed by atoms with van der Waals surface area (Å²) in [5.41, 5.74) is 0.158. The topological polar surface area (TPSA) is 96.4 Å². The highest BCUT2D eigenvalue weighted by molar-refractivity contribution is 6.34. The van der Waals surface area contributed by atoms with Gasteiger partial charge in [0.15, 0.2) is 0 Å². The average molecular weight is 491 g/mol. The molecule has 2 amide bonds. The van der Waals surface area contributed by atoms with Crippen LogP contribution in [0, 0.1) is 18.8 Å². The van der Waals surface area contributed by atoms with Gasteiger partial charge in [0.2, 0.25) is 5.91 Å². The van der Waals surface area contributed by atoms with Crippen molar-refractivity contribution in [1.82, 2.24) is 4.90 Å². The molecule has 0 aromatic heterocycles. The number of aliphatic hydroxyl groups is 1. The molecule has 3 aliphatic rings. The van der Waals surface area contributed by atoms with Crippen molar-refractivity contribution in [3.8, 4) is 0 Å². The molecule has 184 valence electrons. The SMILES string of the molecule is C=CCN(C(=O)[C@@H]1N([C@H](C)CO)C(=O)[C@H]2[C@H](C(=O)OCC)[C@@H]3CC[C@]12O3)c1c(C)cccc1Cl. The molecule has 0 unspecified atom stereocenters. The van der Waals surface area contributed by atoms with Crippen LogP contribution in [0.1, 0.15) is 32.3 Å². The van der Waals surface area contributed by atoms with Gasteiger partial charge in [-0.1, -0.05) is 29.8 Å². The van der Waals surface area contributed by atoms with E-state index >= 15 is 0 Å². The second-order valence-electron chi connectivity index (χ2n) is 9.23. The van der Waals surface area contributed by atoms with Crippen LogP contribution in [-0.2, 0) is 23.9 Å². The Labute approximate surface area is 204 Å². The Hall–Kier alpha value is -2.42.